The van der Waals surface area contributed by atoms with Gasteiger partial charge in [-0.25, -0.2) is 0 Å². The molecular weight excluding hydrogens is 254 g/mol. The molecule has 0 unspecified atom stereocenters. The number of rotatable bonds is 7. The van der Waals surface area contributed by atoms with Crippen molar-refractivity contribution in [3.8, 4) is 5.75 Å². The van der Waals surface area contributed by atoms with Crippen LogP contribution >= 0.6 is 0 Å². The Morgan fingerprint density at radius 1 is 1.35 bits per heavy atom. The summed E-state index contributed by atoms with van der Waals surface area (Å²) in [7, 11) is 0. The van der Waals surface area contributed by atoms with E-state index in [9.17, 15) is 4.79 Å². The van der Waals surface area contributed by atoms with E-state index in [-0.39, 0.29) is 12.0 Å². The van der Waals surface area contributed by atoms with E-state index >= 15 is 0 Å². The summed E-state index contributed by atoms with van der Waals surface area (Å²) in [5, 5.41) is 12.1. The van der Waals surface area contributed by atoms with Gasteiger partial charge in [0.1, 0.15) is 5.75 Å². The zero-order valence-corrected chi connectivity index (χ0v) is 12.0. The number of amides is 1. The van der Waals surface area contributed by atoms with Crippen molar-refractivity contribution in [3.63, 3.8) is 0 Å². The first-order chi connectivity index (χ1) is 9.63. The molecule has 20 heavy (non-hydrogen) atoms. The van der Waals surface area contributed by atoms with Crippen molar-refractivity contribution >= 4 is 5.91 Å². The molecule has 0 aromatic heterocycles. The molecule has 1 aromatic carbocycles. The number of carbonyl (C=O) groups is 1. The van der Waals surface area contributed by atoms with Gasteiger partial charge in [0, 0.05) is 13.0 Å². The first-order valence-corrected chi connectivity index (χ1v) is 7.27. The molecule has 1 saturated carbocycles. The van der Waals surface area contributed by atoms with Crippen LogP contribution in [0.15, 0.2) is 24.3 Å². The van der Waals surface area contributed by atoms with Crippen molar-refractivity contribution < 1.29 is 14.6 Å². The van der Waals surface area contributed by atoms with Crippen molar-refractivity contribution in [2.45, 2.75) is 38.7 Å². The summed E-state index contributed by atoms with van der Waals surface area (Å²) in [6.07, 6.45) is 2.68. The third-order valence-corrected chi connectivity index (χ3v) is 3.64. The highest BCUT2D eigenvalue weighted by Crippen LogP contribution is 2.26. The minimum Gasteiger partial charge on any atom is -0.494 e. The Hall–Kier alpha value is -1.55. The van der Waals surface area contributed by atoms with E-state index in [1.807, 2.05) is 31.2 Å². The second-order valence-corrected chi connectivity index (χ2v) is 5.56. The SMILES string of the molecule is Cc1ccc(OCCCC(=O)NCC2CC(O)C2)cc1. The molecule has 1 fully saturated rings. The molecule has 0 atom stereocenters. The van der Waals surface area contributed by atoms with Crippen molar-refractivity contribution in [2.24, 2.45) is 5.92 Å². The van der Waals surface area contributed by atoms with Gasteiger partial charge in [0.2, 0.25) is 5.91 Å². The Kier molecular flexibility index (Phi) is 5.41. The maximum Gasteiger partial charge on any atom is 0.220 e. The van der Waals surface area contributed by atoms with E-state index in [1.165, 1.54) is 5.56 Å². The molecule has 0 bridgehead atoms. The maximum absolute atomic E-state index is 11.6. The Bertz CT molecular complexity index is 424. The minimum absolute atomic E-state index is 0.0684. The van der Waals surface area contributed by atoms with Crippen molar-refractivity contribution in [1.82, 2.24) is 5.32 Å². The standard InChI is InChI=1S/C16H23NO3/c1-12-4-6-15(7-5-12)20-8-2-3-16(19)17-11-13-9-14(18)10-13/h4-7,13-14,18H,2-3,8-11H2,1H3,(H,17,19). The van der Waals surface area contributed by atoms with Gasteiger partial charge in [-0.05, 0) is 44.2 Å². The summed E-state index contributed by atoms with van der Waals surface area (Å²) in [6, 6.07) is 7.90. The zero-order chi connectivity index (χ0) is 14.4. The lowest BCUT2D eigenvalue weighted by Crippen LogP contribution is -2.38. The number of hydrogen-bond donors (Lipinski definition) is 2. The molecule has 1 aliphatic rings. The number of aliphatic hydroxyl groups is 1. The van der Waals surface area contributed by atoms with E-state index in [0.29, 0.717) is 31.9 Å². The molecule has 1 aliphatic carbocycles. The fourth-order valence-corrected chi connectivity index (χ4v) is 2.27. The first-order valence-electron chi connectivity index (χ1n) is 7.27. The normalized spacial score (nSPS) is 21.1. The molecule has 0 radical (unpaired) electrons. The van der Waals surface area contributed by atoms with Gasteiger partial charge in [0.05, 0.1) is 12.7 Å². The van der Waals surface area contributed by atoms with Crippen molar-refractivity contribution in [3.05, 3.63) is 29.8 Å². The van der Waals surface area contributed by atoms with E-state index in [0.717, 1.165) is 18.6 Å². The van der Waals surface area contributed by atoms with Gasteiger partial charge in [-0.15, -0.1) is 0 Å². The van der Waals surface area contributed by atoms with Gasteiger partial charge in [-0.2, -0.15) is 0 Å². The van der Waals surface area contributed by atoms with Crippen LogP contribution in [-0.4, -0.2) is 30.3 Å². The molecule has 1 aromatic rings. The molecule has 0 heterocycles. The quantitative estimate of drug-likeness (QED) is 0.750. The number of ether oxygens (including phenoxy) is 1. The molecule has 0 saturated heterocycles. The molecule has 1 amide bonds. The van der Waals surface area contributed by atoms with Crippen LogP contribution in [-0.2, 0) is 4.79 Å². The molecular formula is C16H23NO3. The zero-order valence-electron chi connectivity index (χ0n) is 12.0. The summed E-state index contributed by atoms with van der Waals surface area (Å²) in [5.74, 6) is 1.37. The molecule has 2 N–H and O–H groups in total. The predicted molar refractivity (Wildman–Crippen MR) is 77.6 cm³/mol. The van der Waals surface area contributed by atoms with Crippen LogP contribution in [0.25, 0.3) is 0 Å². The smallest absolute Gasteiger partial charge is 0.220 e. The minimum atomic E-state index is -0.153. The first kappa shape index (κ1) is 14.9. The number of nitrogens with one attached hydrogen (secondary N) is 1. The fourth-order valence-electron chi connectivity index (χ4n) is 2.27. The third-order valence-electron chi connectivity index (χ3n) is 3.64. The van der Waals surface area contributed by atoms with Crippen LogP contribution in [0.5, 0.6) is 5.75 Å². The van der Waals surface area contributed by atoms with E-state index in [4.69, 9.17) is 9.84 Å². The molecule has 110 valence electrons. The Labute approximate surface area is 120 Å². The highest BCUT2D eigenvalue weighted by Gasteiger charge is 2.26. The van der Waals surface area contributed by atoms with Crippen LogP contribution in [0, 0.1) is 12.8 Å². The highest BCUT2D eigenvalue weighted by atomic mass is 16.5. The number of carbonyl (C=O) groups excluding carboxylic acids is 1. The third kappa shape index (κ3) is 4.85. The summed E-state index contributed by atoms with van der Waals surface area (Å²) in [4.78, 5) is 11.6. The molecule has 2 rings (SSSR count). The van der Waals surface area contributed by atoms with Crippen LogP contribution in [0.2, 0.25) is 0 Å². The monoisotopic (exact) mass is 277 g/mol. The van der Waals surface area contributed by atoms with Crippen LogP contribution in [0.3, 0.4) is 0 Å². The average molecular weight is 277 g/mol. The van der Waals surface area contributed by atoms with Gasteiger partial charge in [-0.3, -0.25) is 4.79 Å². The molecule has 4 heteroatoms. The Morgan fingerprint density at radius 3 is 2.70 bits per heavy atom. The van der Waals surface area contributed by atoms with Crippen molar-refractivity contribution in [2.75, 3.05) is 13.2 Å². The summed E-state index contributed by atoms with van der Waals surface area (Å²) in [5.41, 5.74) is 1.21. The largest absolute Gasteiger partial charge is 0.494 e. The van der Waals surface area contributed by atoms with Gasteiger partial charge in [-0.1, -0.05) is 17.7 Å². The van der Waals surface area contributed by atoms with E-state index < -0.39 is 0 Å². The Morgan fingerprint density at radius 2 is 2.05 bits per heavy atom. The van der Waals surface area contributed by atoms with Crippen molar-refractivity contribution in [1.29, 1.82) is 0 Å². The van der Waals surface area contributed by atoms with Crippen LogP contribution < -0.4 is 10.1 Å². The van der Waals surface area contributed by atoms with E-state index in [2.05, 4.69) is 5.32 Å². The summed E-state index contributed by atoms with van der Waals surface area (Å²) >= 11 is 0. The molecule has 4 nitrogen and oxygen atoms in total. The van der Waals surface area contributed by atoms with Gasteiger partial charge in [0.15, 0.2) is 0 Å². The van der Waals surface area contributed by atoms with Crippen LogP contribution in [0.1, 0.15) is 31.2 Å². The van der Waals surface area contributed by atoms with E-state index in [1.54, 1.807) is 0 Å². The number of aliphatic hydroxyl groups excluding tert-OH is 1. The number of aryl methyl sites for hydroxylation is 1. The molecule has 0 spiro atoms. The Balaban J connectivity index is 1.52. The second-order valence-electron chi connectivity index (χ2n) is 5.56. The summed E-state index contributed by atoms with van der Waals surface area (Å²) in [6.45, 7) is 3.28. The lowest BCUT2D eigenvalue weighted by molar-refractivity contribution is -0.121. The second kappa shape index (κ2) is 7.29. The average Bonchev–Trinajstić information content (AvgIpc) is 2.40. The highest BCUT2D eigenvalue weighted by molar-refractivity contribution is 5.75. The number of hydrogen-bond acceptors (Lipinski definition) is 3. The van der Waals surface area contributed by atoms with Gasteiger partial charge < -0.3 is 15.2 Å². The van der Waals surface area contributed by atoms with Crippen LogP contribution in [0.4, 0.5) is 0 Å². The molecule has 0 aliphatic heterocycles. The predicted octanol–water partition coefficient (Wildman–Crippen LogP) is 2.04. The lowest BCUT2D eigenvalue weighted by atomic mass is 9.82. The maximum atomic E-state index is 11.6. The van der Waals surface area contributed by atoms with Gasteiger partial charge >= 0.3 is 0 Å². The topological polar surface area (TPSA) is 58.6 Å². The van der Waals surface area contributed by atoms with Gasteiger partial charge in [0.25, 0.3) is 0 Å². The summed E-state index contributed by atoms with van der Waals surface area (Å²) < 4.78 is 5.57. The fraction of sp³-hybridized carbons (Fsp3) is 0.562. The number of benzene rings is 1. The lowest BCUT2D eigenvalue weighted by Gasteiger charge is -2.31.